The van der Waals surface area contributed by atoms with Gasteiger partial charge in [-0.05, 0) is 12.8 Å². The summed E-state index contributed by atoms with van der Waals surface area (Å²) in [7, 11) is 0. The third-order valence-corrected chi connectivity index (χ3v) is 2.75. The van der Waals surface area contributed by atoms with Crippen LogP contribution in [0, 0.1) is 0 Å². The third kappa shape index (κ3) is 4.30. The second-order valence-corrected chi connectivity index (χ2v) is 4.43. The summed E-state index contributed by atoms with van der Waals surface area (Å²) in [6.07, 6.45) is 0.990. The maximum absolute atomic E-state index is 12.1. The Balaban J connectivity index is 1.72. The van der Waals surface area contributed by atoms with Gasteiger partial charge in [0.25, 0.3) is 0 Å². The molecule has 1 aromatic heterocycles. The SMILES string of the molecule is FC(F)(F)Cn1cc(CNCC2CCCO2)cn1. The van der Waals surface area contributed by atoms with Crippen molar-refractivity contribution in [2.24, 2.45) is 0 Å². The second-order valence-electron chi connectivity index (χ2n) is 4.43. The number of nitrogens with zero attached hydrogens (tertiary/aromatic N) is 2. The van der Waals surface area contributed by atoms with Crippen molar-refractivity contribution >= 4 is 0 Å². The Morgan fingerprint density at radius 2 is 2.33 bits per heavy atom. The van der Waals surface area contributed by atoms with E-state index in [9.17, 15) is 13.2 Å². The molecule has 1 aromatic rings. The molecule has 18 heavy (non-hydrogen) atoms. The highest BCUT2D eigenvalue weighted by atomic mass is 19.4. The number of hydrogen-bond donors (Lipinski definition) is 1. The molecule has 1 N–H and O–H groups in total. The molecule has 0 aromatic carbocycles. The predicted molar refractivity (Wildman–Crippen MR) is 59.0 cm³/mol. The van der Waals surface area contributed by atoms with Crippen LogP contribution in [0.25, 0.3) is 0 Å². The molecule has 0 bridgehead atoms. The summed E-state index contributed by atoms with van der Waals surface area (Å²) in [4.78, 5) is 0. The van der Waals surface area contributed by atoms with Gasteiger partial charge in [-0.3, -0.25) is 4.68 Å². The Morgan fingerprint density at radius 3 is 3.00 bits per heavy atom. The highest BCUT2D eigenvalue weighted by molar-refractivity contribution is 5.03. The molecule has 1 unspecified atom stereocenters. The zero-order chi connectivity index (χ0) is 13.0. The zero-order valence-electron chi connectivity index (χ0n) is 9.91. The highest BCUT2D eigenvalue weighted by Crippen LogP contribution is 2.17. The van der Waals surface area contributed by atoms with Crippen molar-refractivity contribution in [3.8, 4) is 0 Å². The van der Waals surface area contributed by atoms with E-state index >= 15 is 0 Å². The van der Waals surface area contributed by atoms with E-state index < -0.39 is 12.7 Å². The van der Waals surface area contributed by atoms with Crippen LogP contribution in [0.15, 0.2) is 12.4 Å². The molecule has 7 heteroatoms. The van der Waals surface area contributed by atoms with Crippen LogP contribution in [0.3, 0.4) is 0 Å². The Bertz CT molecular complexity index is 372. The molecular weight excluding hydrogens is 247 g/mol. The van der Waals surface area contributed by atoms with Gasteiger partial charge in [0.1, 0.15) is 6.54 Å². The van der Waals surface area contributed by atoms with Crippen molar-refractivity contribution in [3.05, 3.63) is 18.0 Å². The highest BCUT2D eigenvalue weighted by Gasteiger charge is 2.28. The molecule has 1 atom stereocenters. The minimum Gasteiger partial charge on any atom is -0.377 e. The maximum atomic E-state index is 12.1. The number of nitrogens with one attached hydrogen (secondary N) is 1. The van der Waals surface area contributed by atoms with Gasteiger partial charge in [0, 0.05) is 31.5 Å². The monoisotopic (exact) mass is 263 g/mol. The van der Waals surface area contributed by atoms with Gasteiger partial charge in [0.2, 0.25) is 0 Å². The topological polar surface area (TPSA) is 39.1 Å². The lowest BCUT2D eigenvalue weighted by Crippen LogP contribution is -2.25. The fraction of sp³-hybridized carbons (Fsp3) is 0.727. The van der Waals surface area contributed by atoms with Crippen LogP contribution in [-0.4, -0.2) is 35.2 Å². The van der Waals surface area contributed by atoms with Crippen LogP contribution in [0.4, 0.5) is 13.2 Å². The van der Waals surface area contributed by atoms with E-state index in [2.05, 4.69) is 10.4 Å². The first-order chi connectivity index (χ1) is 8.53. The number of halogens is 3. The van der Waals surface area contributed by atoms with Gasteiger partial charge < -0.3 is 10.1 Å². The minimum absolute atomic E-state index is 0.232. The molecule has 0 aliphatic carbocycles. The van der Waals surface area contributed by atoms with Gasteiger partial charge in [-0.2, -0.15) is 18.3 Å². The molecule has 1 aliphatic rings. The molecule has 0 radical (unpaired) electrons. The summed E-state index contributed by atoms with van der Waals surface area (Å²) in [5.41, 5.74) is 0.747. The summed E-state index contributed by atoms with van der Waals surface area (Å²) in [5.74, 6) is 0. The lowest BCUT2D eigenvalue weighted by Gasteiger charge is -2.09. The van der Waals surface area contributed by atoms with Crippen LogP contribution in [0.5, 0.6) is 0 Å². The minimum atomic E-state index is -4.23. The summed E-state index contributed by atoms with van der Waals surface area (Å²) in [5, 5.41) is 6.84. The quantitative estimate of drug-likeness (QED) is 0.879. The number of alkyl halides is 3. The van der Waals surface area contributed by atoms with E-state index in [1.165, 1.54) is 12.4 Å². The Morgan fingerprint density at radius 1 is 1.50 bits per heavy atom. The maximum Gasteiger partial charge on any atom is 0.408 e. The van der Waals surface area contributed by atoms with E-state index in [-0.39, 0.29) is 6.10 Å². The summed E-state index contributed by atoms with van der Waals surface area (Å²) < 4.78 is 42.7. The largest absolute Gasteiger partial charge is 0.408 e. The molecule has 0 amide bonds. The standard InChI is InChI=1S/C11H16F3N3O/c12-11(13,14)8-17-7-9(5-16-17)4-15-6-10-2-1-3-18-10/h5,7,10,15H,1-4,6,8H2. The molecule has 1 aliphatic heterocycles. The number of aromatic nitrogens is 2. The molecule has 1 fully saturated rings. The normalized spacial score (nSPS) is 20.5. The van der Waals surface area contributed by atoms with Gasteiger partial charge >= 0.3 is 6.18 Å². The zero-order valence-corrected chi connectivity index (χ0v) is 9.91. The Kier molecular flexibility index (Phi) is 4.23. The first kappa shape index (κ1) is 13.4. The molecule has 2 heterocycles. The Hall–Kier alpha value is -1.08. The molecule has 102 valence electrons. The van der Waals surface area contributed by atoms with Crippen molar-refractivity contribution in [1.29, 1.82) is 0 Å². The van der Waals surface area contributed by atoms with Gasteiger partial charge in [0.05, 0.1) is 12.3 Å². The lowest BCUT2D eigenvalue weighted by molar-refractivity contribution is -0.142. The molecule has 4 nitrogen and oxygen atoms in total. The molecule has 0 saturated carbocycles. The van der Waals surface area contributed by atoms with Crippen molar-refractivity contribution < 1.29 is 17.9 Å². The summed E-state index contributed by atoms with van der Waals surface area (Å²) >= 11 is 0. The van der Waals surface area contributed by atoms with Gasteiger partial charge in [-0.15, -0.1) is 0 Å². The average molecular weight is 263 g/mol. The third-order valence-electron chi connectivity index (χ3n) is 2.75. The molecule has 1 saturated heterocycles. The fourth-order valence-corrected chi connectivity index (χ4v) is 1.95. The van der Waals surface area contributed by atoms with E-state index in [1.807, 2.05) is 0 Å². The first-order valence-electron chi connectivity index (χ1n) is 5.93. The van der Waals surface area contributed by atoms with Gasteiger partial charge in [-0.25, -0.2) is 0 Å². The van der Waals surface area contributed by atoms with Gasteiger partial charge in [-0.1, -0.05) is 0 Å². The Labute approximate surface area is 103 Å². The van der Waals surface area contributed by atoms with E-state index in [0.717, 1.165) is 36.2 Å². The van der Waals surface area contributed by atoms with Crippen LogP contribution in [0.1, 0.15) is 18.4 Å². The average Bonchev–Trinajstić information content (AvgIpc) is 2.88. The first-order valence-corrected chi connectivity index (χ1v) is 5.93. The number of rotatable bonds is 5. The van der Waals surface area contributed by atoms with Crippen LogP contribution in [-0.2, 0) is 17.8 Å². The second kappa shape index (κ2) is 5.71. The molecule has 2 rings (SSSR count). The van der Waals surface area contributed by atoms with E-state index in [4.69, 9.17) is 4.74 Å². The molecule has 0 spiro atoms. The molecular formula is C11H16F3N3O. The van der Waals surface area contributed by atoms with E-state index in [1.54, 1.807) is 0 Å². The lowest BCUT2D eigenvalue weighted by atomic mass is 10.2. The van der Waals surface area contributed by atoms with Crippen LogP contribution in [0.2, 0.25) is 0 Å². The van der Waals surface area contributed by atoms with Gasteiger partial charge in [0.15, 0.2) is 0 Å². The summed E-state index contributed by atoms with van der Waals surface area (Å²) in [6, 6.07) is 0. The van der Waals surface area contributed by atoms with Crippen LogP contribution < -0.4 is 5.32 Å². The van der Waals surface area contributed by atoms with Crippen molar-refractivity contribution in [1.82, 2.24) is 15.1 Å². The number of hydrogen-bond acceptors (Lipinski definition) is 3. The number of ether oxygens (including phenoxy) is 1. The summed E-state index contributed by atoms with van der Waals surface area (Å²) in [6.45, 7) is 0.997. The van der Waals surface area contributed by atoms with Crippen molar-refractivity contribution in [3.63, 3.8) is 0 Å². The van der Waals surface area contributed by atoms with Crippen molar-refractivity contribution in [2.45, 2.75) is 38.2 Å². The fourth-order valence-electron chi connectivity index (χ4n) is 1.95. The van der Waals surface area contributed by atoms with E-state index in [0.29, 0.717) is 6.54 Å². The van der Waals surface area contributed by atoms with Crippen molar-refractivity contribution in [2.75, 3.05) is 13.2 Å². The predicted octanol–water partition coefficient (Wildman–Crippen LogP) is 1.71. The smallest absolute Gasteiger partial charge is 0.377 e. The van der Waals surface area contributed by atoms with Crippen LogP contribution >= 0.6 is 0 Å².